The van der Waals surface area contributed by atoms with E-state index in [4.69, 9.17) is 0 Å². The summed E-state index contributed by atoms with van der Waals surface area (Å²) in [4.78, 5) is 41.1. The van der Waals surface area contributed by atoms with Gasteiger partial charge in [-0.05, 0) is 48.9 Å². The van der Waals surface area contributed by atoms with E-state index in [0.29, 0.717) is 23.9 Å². The molecule has 2 fully saturated rings. The first-order valence-corrected chi connectivity index (χ1v) is 12.3. The molecule has 0 spiro atoms. The number of nitrogens with one attached hydrogen (secondary N) is 2. The average molecular weight is 490 g/mol. The van der Waals surface area contributed by atoms with Gasteiger partial charge >= 0.3 is 0 Å². The first-order valence-electron chi connectivity index (χ1n) is 12.3. The largest absolute Gasteiger partial charge is 0.494 e. The Labute approximate surface area is 209 Å². The fourth-order valence-corrected chi connectivity index (χ4v) is 4.88. The summed E-state index contributed by atoms with van der Waals surface area (Å²) in [5.74, 6) is -0.865. The summed E-state index contributed by atoms with van der Waals surface area (Å²) in [6, 6.07) is 12.6. The second kappa shape index (κ2) is 10.1. The third kappa shape index (κ3) is 5.12. The number of likely N-dealkylation sites (N-methyl/N-ethyl adjacent to an activating group) is 1. The molecule has 3 aromatic rings. The van der Waals surface area contributed by atoms with Gasteiger partial charge in [0, 0.05) is 68.2 Å². The number of carbonyl (C=O) groups excluding carboxylic acids is 3. The number of imide groups is 1. The van der Waals surface area contributed by atoms with Crippen molar-refractivity contribution in [3.63, 3.8) is 0 Å². The molecule has 1 atom stereocenters. The first-order chi connectivity index (χ1) is 17.4. The Hall–Kier alpha value is -3.69. The maximum absolute atomic E-state index is 12.7. The smallest absolute Gasteiger partial charge is 0.251 e. The van der Waals surface area contributed by atoms with Gasteiger partial charge in [0.15, 0.2) is 5.88 Å². The van der Waals surface area contributed by atoms with Crippen LogP contribution < -0.4 is 10.6 Å². The second-order valence-corrected chi connectivity index (χ2v) is 9.71. The summed E-state index contributed by atoms with van der Waals surface area (Å²) in [6.07, 6.45) is 2.30. The van der Waals surface area contributed by atoms with Crippen LogP contribution in [0.25, 0.3) is 10.8 Å². The fraction of sp³-hybridized carbons (Fsp3) is 0.370. The number of carbonyl (C=O) groups is 3. The molecule has 2 aliphatic heterocycles. The maximum atomic E-state index is 12.7. The minimum Gasteiger partial charge on any atom is -0.494 e. The van der Waals surface area contributed by atoms with Crippen LogP contribution in [-0.4, -0.2) is 70.4 Å². The number of amides is 3. The number of nitrogens with zero attached hydrogens (tertiary/aromatic N) is 3. The molecular formula is C27H31N5O4. The van der Waals surface area contributed by atoms with Crippen LogP contribution in [0.2, 0.25) is 0 Å². The van der Waals surface area contributed by atoms with Gasteiger partial charge in [-0.2, -0.15) is 0 Å². The van der Waals surface area contributed by atoms with Gasteiger partial charge in [-0.3, -0.25) is 24.6 Å². The van der Waals surface area contributed by atoms with Crippen LogP contribution >= 0.6 is 0 Å². The number of rotatable bonds is 6. The van der Waals surface area contributed by atoms with E-state index in [1.165, 1.54) is 10.1 Å². The molecule has 0 aliphatic carbocycles. The number of benzene rings is 2. The molecule has 2 aliphatic rings. The Morgan fingerprint density at radius 1 is 1.06 bits per heavy atom. The van der Waals surface area contributed by atoms with Crippen LogP contribution in [0.1, 0.15) is 40.4 Å². The Bertz CT molecular complexity index is 1290. The normalized spacial score (nSPS) is 19.4. The van der Waals surface area contributed by atoms with Gasteiger partial charge in [-0.15, -0.1) is 0 Å². The van der Waals surface area contributed by atoms with E-state index in [2.05, 4.69) is 27.5 Å². The number of hydrogen-bond acceptors (Lipinski definition) is 6. The van der Waals surface area contributed by atoms with Gasteiger partial charge in [-0.1, -0.05) is 18.2 Å². The highest BCUT2D eigenvalue weighted by Crippen LogP contribution is 2.33. The van der Waals surface area contributed by atoms with E-state index in [-0.39, 0.29) is 24.1 Å². The lowest BCUT2D eigenvalue weighted by Crippen LogP contribution is -2.43. The lowest BCUT2D eigenvalue weighted by Gasteiger charge is -2.32. The fourth-order valence-electron chi connectivity index (χ4n) is 4.88. The van der Waals surface area contributed by atoms with Gasteiger partial charge in [0.25, 0.3) is 5.91 Å². The Morgan fingerprint density at radius 2 is 1.78 bits per heavy atom. The SMILES string of the molecule is CN1CCN(Cc2ccc(C(=O)NCc3ccc4c(O)n(C5CCC(=O)NC5=O)cc4c3)cc2)CC1. The van der Waals surface area contributed by atoms with Crippen molar-refractivity contribution in [1.29, 1.82) is 0 Å². The monoisotopic (exact) mass is 489 g/mol. The Balaban J connectivity index is 1.20. The third-order valence-electron chi connectivity index (χ3n) is 7.10. The molecular weight excluding hydrogens is 458 g/mol. The standard InChI is InChI=1S/C27H31N5O4/c1-30-10-12-31(13-11-30)16-18-2-5-20(6-3-18)25(34)28-15-19-4-7-22-21(14-19)17-32(27(22)36)23-8-9-24(33)29-26(23)35/h2-7,14,17,23,36H,8-13,15-16H2,1H3,(H,28,34)(H,29,33,35). The molecule has 9 heteroatoms. The van der Waals surface area contributed by atoms with Crippen molar-refractivity contribution in [2.75, 3.05) is 33.2 Å². The van der Waals surface area contributed by atoms with E-state index in [1.807, 2.05) is 36.4 Å². The summed E-state index contributed by atoms with van der Waals surface area (Å²) in [5.41, 5.74) is 2.68. The molecule has 3 heterocycles. The molecule has 3 amide bonds. The summed E-state index contributed by atoms with van der Waals surface area (Å²) in [7, 11) is 2.14. The average Bonchev–Trinajstić information content (AvgIpc) is 3.20. The van der Waals surface area contributed by atoms with E-state index < -0.39 is 11.9 Å². The number of hydrogen-bond donors (Lipinski definition) is 3. The number of piperidine rings is 1. The quantitative estimate of drug-likeness (QED) is 0.458. The molecule has 2 aromatic carbocycles. The second-order valence-electron chi connectivity index (χ2n) is 9.71. The lowest BCUT2D eigenvalue weighted by molar-refractivity contribution is -0.135. The highest BCUT2D eigenvalue weighted by Gasteiger charge is 2.30. The number of aromatic hydroxyl groups is 1. The molecule has 36 heavy (non-hydrogen) atoms. The van der Waals surface area contributed by atoms with E-state index in [0.717, 1.165) is 43.7 Å². The minimum atomic E-state index is -0.627. The van der Waals surface area contributed by atoms with Crippen molar-refractivity contribution in [2.24, 2.45) is 0 Å². The predicted molar refractivity (Wildman–Crippen MR) is 135 cm³/mol. The molecule has 188 valence electrons. The molecule has 3 N–H and O–H groups in total. The van der Waals surface area contributed by atoms with Gasteiger partial charge in [0.1, 0.15) is 6.04 Å². The summed E-state index contributed by atoms with van der Waals surface area (Å²) >= 11 is 0. The Morgan fingerprint density at radius 3 is 2.50 bits per heavy atom. The lowest BCUT2D eigenvalue weighted by atomic mass is 10.1. The molecule has 1 aromatic heterocycles. The van der Waals surface area contributed by atoms with E-state index in [9.17, 15) is 19.5 Å². The van der Waals surface area contributed by atoms with Crippen molar-refractivity contribution in [3.05, 3.63) is 65.4 Å². The maximum Gasteiger partial charge on any atom is 0.251 e. The van der Waals surface area contributed by atoms with Crippen molar-refractivity contribution in [1.82, 2.24) is 25.0 Å². The Kier molecular flexibility index (Phi) is 6.75. The summed E-state index contributed by atoms with van der Waals surface area (Å²) in [5, 5.41) is 17.3. The van der Waals surface area contributed by atoms with Gasteiger partial charge < -0.3 is 19.9 Å². The van der Waals surface area contributed by atoms with Crippen LogP contribution in [0.5, 0.6) is 5.88 Å². The highest BCUT2D eigenvalue weighted by atomic mass is 16.3. The third-order valence-corrected chi connectivity index (χ3v) is 7.10. The minimum absolute atomic E-state index is 0.00764. The van der Waals surface area contributed by atoms with Crippen LogP contribution in [0.4, 0.5) is 0 Å². The van der Waals surface area contributed by atoms with Crippen molar-refractivity contribution in [2.45, 2.75) is 32.0 Å². The number of aromatic nitrogens is 1. The summed E-state index contributed by atoms with van der Waals surface area (Å²) in [6.45, 7) is 5.49. The summed E-state index contributed by atoms with van der Waals surface area (Å²) < 4.78 is 1.51. The van der Waals surface area contributed by atoms with E-state index in [1.54, 1.807) is 12.3 Å². The van der Waals surface area contributed by atoms with Crippen LogP contribution in [0.3, 0.4) is 0 Å². The topological polar surface area (TPSA) is 107 Å². The predicted octanol–water partition coefficient (Wildman–Crippen LogP) is 2.00. The van der Waals surface area contributed by atoms with Crippen LogP contribution in [-0.2, 0) is 22.7 Å². The van der Waals surface area contributed by atoms with Crippen molar-refractivity contribution < 1.29 is 19.5 Å². The molecule has 9 nitrogen and oxygen atoms in total. The zero-order chi connectivity index (χ0) is 25.2. The van der Waals surface area contributed by atoms with Gasteiger partial charge in [0.2, 0.25) is 11.8 Å². The van der Waals surface area contributed by atoms with Gasteiger partial charge in [-0.25, -0.2) is 0 Å². The first kappa shape index (κ1) is 24.0. The molecule has 0 saturated carbocycles. The molecule has 1 unspecified atom stereocenters. The molecule has 0 bridgehead atoms. The van der Waals surface area contributed by atoms with Crippen LogP contribution in [0, 0.1) is 0 Å². The molecule has 2 saturated heterocycles. The number of fused-ring (bicyclic) bond motifs is 1. The van der Waals surface area contributed by atoms with Crippen molar-refractivity contribution >= 4 is 28.5 Å². The zero-order valence-corrected chi connectivity index (χ0v) is 20.4. The van der Waals surface area contributed by atoms with Gasteiger partial charge in [0.05, 0.1) is 0 Å². The van der Waals surface area contributed by atoms with Crippen molar-refractivity contribution in [3.8, 4) is 5.88 Å². The number of piperazine rings is 1. The van der Waals surface area contributed by atoms with E-state index >= 15 is 0 Å². The molecule has 5 rings (SSSR count). The molecule has 0 radical (unpaired) electrons. The zero-order valence-electron chi connectivity index (χ0n) is 20.4. The van der Waals surface area contributed by atoms with Crippen LogP contribution in [0.15, 0.2) is 48.7 Å². The highest BCUT2D eigenvalue weighted by molar-refractivity contribution is 6.00.